The number of aliphatic hydroxyl groups excluding tert-OH is 1. The van der Waals surface area contributed by atoms with E-state index in [2.05, 4.69) is 19.9 Å². The van der Waals surface area contributed by atoms with Crippen LogP contribution in [0.4, 0.5) is 0 Å². The lowest BCUT2D eigenvalue weighted by Crippen LogP contribution is -2.20. The van der Waals surface area contributed by atoms with Crippen LogP contribution in [0.15, 0.2) is 54.6 Å². The summed E-state index contributed by atoms with van der Waals surface area (Å²) in [6.07, 6.45) is 0.992. The Balaban J connectivity index is 1.98. The van der Waals surface area contributed by atoms with Gasteiger partial charge < -0.3 is 9.84 Å². The SMILES string of the molecule is CC1(C)CC1(CO)c1ccccc1Oc1ccccc1. The fraction of sp³-hybridized carbons (Fsp3) is 0.333. The van der Waals surface area contributed by atoms with Crippen molar-refractivity contribution in [2.24, 2.45) is 5.41 Å². The highest BCUT2D eigenvalue weighted by Crippen LogP contribution is 2.65. The molecule has 0 heterocycles. The fourth-order valence-electron chi connectivity index (χ4n) is 3.09. The van der Waals surface area contributed by atoms with Crippen molar-refractivity contribution in [3.8, 4) is 11.5 Å². The number of aliphatic hydroxyl groups is 1. The van der Waals surface area contributed by atoms with Crippen LogP contribution in [0.3, 0.4) is 0 Å². The molecule has 0 spiro atoms. The van der Waals surface area contributed by atoms with E-state index in [0.717, 1.165) is 23.5 Å². The molecule has 1 atom stereocenters. The van der Waals surface area contributed by atoms with E-state index in [4.69, 9.17) is 4.74 Å². The van der Waals surface area contributed by atoms with E-state index in [1.165, 1.54) is 0 Å². The first kappa shape index (κ1) is 13.2. The summed E-state index contributed by atoms with van der Waals surface area (Å²) >= 11 is 0. The molecule has 3 rings (SSSR count). The topological polar surface area (TPSA) is 29.5 Å². The molecule has 1 saturated carbocycles. The average molecular weight is 268 g/mol. The van der Waals surface area contributed by atoms with Crippen LogP contribution < -0.4 is 4.74 Å². The van der Waals surface area contributed by atoms with Crippen LogP contribution in [0.25, 0.3) is 0 Å². The number of rotatable bonds is 4. The Labute approximate surface area is 120 Å². The van der Waals surface area contributed by atoms with Gasteiger partial charge in [-0.2, -0.15) is 0 Å². The maximum absolute atomic E-state index is 9.88. The van der Waals surface area contributed by atoms with Crippen molar-refractivity contribution in [2.75, 3.05) is 6.61 Å². The Morgan fingerprint density at radius 3 is 2.20 bits per heavy atom. The third-order valence-corrected chi connectivity index (χ3v) is 4.56. The van der Waals surface area contributed by atoms with Crippen molar-refractivity contribution in [3.05, 3.63) is 60.2 Å². The van der Waals surface area contributed by atoms with E-state index in [-0.39, 0.29) is 17.4 Å². The van der Waals surface area contributed by atoms with Gasteiger partial charge in [-0.25, -0.2) is 0 Å². The minimum absolute atomic E-state index is 0.123. The molecule has 0 saturated heterocycles. The molecule has 0 amide bonds. The van der Waals surface area contributed by atoms with E-state index in [9.17, 15) is 5.11 Å². The number of hydrogen-bond donors (Lipinski definition) is 1. The molecule has 1 unspecified atom stereocenters. The summed E-state index contributed by atoms with van der Waals surface area (Å²) in [4.78, 5) is 0. The quantitative estimate of drug-likeness (QED) is 0.903. The lowest BCUT2D eigenvalue weighted by Gasteiger charge is -2.21. The van der Waals surface area contributed by atoms with Crippen LogP contribution >= 0.6 is 0 Å². The van der Waals surface area contributed by atoms with Gasteiger partial charge in [-0.05, 0) is 30.0 Å². The molecule has 0 bridgehead atoms. The molecule has 1 aliphatic carbocycles. The number of para-hydroxylation sites is 2. The zero-order valence-electron chi connectivity index (χ0n) is 12.0. The Bertz CT molecular complexity index is 604. The molecular formula is C18H20O2. The van der Waals surface area contributed by atoms with Crippen molar-refractivity contribution >= 4 is 0 Å². The smallest absolute Gasteiger partial charge is 0.131 e. The monoisotopic (exact) mass is 268 g/mol. The molecule has 1 N–H and O–H groups in total. The normalized spacial score (nSPS) is 23.4. The predicted molar refractivity (Wildman–Crippen MR) is 80.1 cm³/mol. The predicted octanol–water partition coefficient (Wildman–Crippen LogP) is 4.14. The van der Waals surface area contributed by atoms with Gasteiger partial charge in [-0.15, -0.1) is 0 Å². The summed E-state index contributed by atoms with van der Waals surface area (Å²) in [6, 6.07) is 17.8. The van der Waals surface area contributed by atoms with E-state index in [1.54, 1.807) is 0 Å². The summed E-state index contributed by atoms with van der Waals surface area (Å²) in [5, 5.41) is 9.88. The van der Waals surface area contributed by atoms with Gasteiger partial charge in [0.25, 0.3) is 0 Å². The first-order valence-corrected chi connectivity index (χ1v) is 7.02. The third kappa shape index (κ3) is 2.01. The highest BCUT2D eigenvalue weighted by Gasteiger charge is 2.62. The molecular weight excluding hydrogens is 248 g/mol. The average Bonchev–Trinajstić information content (AvgIpc) is 3.04. The van der Waals surface area contributed by atoms with Gasteiger partial charge in [0.15, 0.2) is 0 Å². The Hall–Kier alpha value is -1.80. The zero-order valence-corrected chi connectivity index (χ0v) is 12.0. The van der Waals surface area contributed by atoms with Crippen molar-refractivity contribution in [1.29, 1.82) is 0 Å². The van der Waals surface area contributed by atoms with Gasteiger partial charge in [0.05, 0.1) is 6.61 Å². The molecule has 2 aromatic carbocycles. The van der Waals surface area contributed by atoms with Gasteiger partial charge >= 0.3 is 0 Å². The van der Waals surface area contributed by atoms with Crippen molar-refractivity contribution < 1.29 is 9.84 Å². The Morgan fingerprint density at radius 1 is 1.00 bits per heavy atom. The molecule has 0 aromatic heterocycles. The van der Waals surface area contributed by atoms with Gasteiger partial charge in [-0.1, -0.05) is 50.2 Å². The molecule has 0 aliphatic heterocycles. The lowest BCUT2D eigenvalue weighted by molar-refractivity contribution is 0.229. The fourth-order valence-corrected chi connectivity index (χ4v) is 3.09. The first-order valence-electron chi connectivity index (χ1n) is 7.02. The number of ether oxygens (including phenoxy) is 1. The first-order chi connectivity index (χ1) is 9.59. The minimum atomic E-state index is -0.168. The zero-order chi connectivity index (χ0) is 14.2. The Morgan fingerprint density at radius 2 is 1.60 bits per heavy atom. The molecule has 104 valence electrons. The van der Waals surface area contributed by atoms with Crippen LogP contribution in [0.5, 0.6) is 11.5 Å². The lowest BCUT2D eigenvalue weighted by atomic mass is 9.88. The van der Waals surface area contributed by atoms with E-state index in [0.29, 0.717) is 0 Å². The molecule has 20 heavy (non-hydrogen) atoms. The molecule has 2 nitrogen and oxygen atoms in total. The van der Waals surface area contributed by atoms with E-state index < -0.39 is 0 Å². The van der Waals surface area contributed by atoms with Gasteiger partial charge in [-0.3, -0.25) is 0 Å². The van der Waals surface area contributed by atoms with Gasteiger partial charge in [0, 0.05) is 11.0 Å². The summed E-state index contributed by atoms with van der Waals surface area (Å²) < 4.78 is 6.02. The minimum Gasteiger partial charge on any atom is -0.457 e. The molecule has 2 aromatic rings. The van der Waals surface area contributed by atoms with E-state index in [1.807, 2.05) is 48.5 Å². The van der Waals surface area contributed by atoms with E-state index >= 15 is 0 Å². The molecule has 2 heteroatoms. The maximum Gasteiger partial charge on any atom is 0.131 e. The van der Waals surface area contributed by atoms with Gasteiger partial charge in [0.1, 0.15) is 11.5 Å². The van der Waals surface area contributed by atoms with Crippen molar-refractivity contribution in [1.82, 2.24) is 0 Å². The largest absolute Gasteiger partial charge is 0.457 e. The molecule has 1 aliphatic rings. The molecule has 0 radical (unpaired) electrons. The standard InChI is InChI=1S/C18H20O2/c1-17(2)12-18(17,13-19)15-10-6-7-11-16(15)20-14-8-4-3-5-9-14/h3-11,19H,12-13H2,1-2H3. The summed E-state index contributed by atoms with van der Waals surface area (Å²) in [6.45, 7) is 4.56. The summed E-state index contributed by atoms with van der Waals surface area (Å²) in [7, 11) is 0. The highest BCUT2D eigenvalue weighted by atomic mass is 16.5. The highest BCUT2D eigenvalue weighted by molar-refractivity contribution is 5.48. The summed E-state index contributed by atoms with van der Waals surface area (Å²) in [5.74, 6) is 1.67. The number of hydrogen-bond acceptors (Lipinski definition) is 2. The third-order valence-electron chi connectivity index (χ3n) is 4.56. The van der Waals surface area contributed by atoms with Crippen molar-refractivity contribution in [2.45, 2.75) is 25.7 Å². The van der Waals surface area contributed by atoms with Crippen LogP contribution in [0.1, 0.15) is 25.8 Å². The Kier molecular flexibility index (Phi) is 3.06. The van der Waals surface area contributed by atoms with Crippen LogP contribution in [0.2, 0.25) is 0 Å². The molecule has 1 fully saturated rings. The number of benzene rings is 2. The summed E-state index contributed by atoms with van der Waals surface area (Å²) in [5.41, 5.74) is 1.06. The maximum atomic E-state index is 9.88. The second-order valence-corrected chi connectivity index (χ2v) is 6.21. The van der Waals surface area contributed by atoms with Crippen LogP contribution in [-0.2, 0) is 5.41 Å². The van der Waals surface area contributed by atoms with Gasteiger partial charge in [0.2, 0.25) is 0 Å². The second kappa shape index (κ2) is 4.64. The van der Waals surface area contributed by atoms with Crippen LogP contribution in [0, 0.1) is 5.41 Å². The van der Waals surface area contributed by atoms with Crippen molar-refractivity contribution in [3.63, 3.8) is 0 Å². The van der Waals surface area contributed by atoms with Crippen LogP contribution in [-0.4, -0.2) is 11.7 Å². The second-order valence-electron chi connectivity index (χ2n) is 6.21.